The molecule has 0 aromatic heterocycles. The van der Waals surface area contributed by atoms with Gasteiger partial charge in [0.05, 0.1) is 18.6 Å². The molecule has 2 aromatic rings. The first-order valence-corrected chi connectivity index (χ1v) is 10.8. The number of ether oxygens (including phenoxy) is 2. The Morgan fingerprint density at radius 2 is 1.67 bits per heavy atom. The Kier molecular flexibility index (Phi) is 7.14. The highest BCUT2D eigenvalue weighted by Crippen LogP contribution is 2.41. The number of benzene rings is 2. The third-order valence-corrected chi connectivity index (χ3v) is 5.78. The molecule has 1 aliphatic carbocycles. The summed E-state index contributed by atoms with van der Waals surface area (Å²) in [6, 6.07) is 13.4. The van der Waals surface area contributed by atoms with Crippen LogP contribution in [0.15, 0.2) is 42.5 Å². The number of rotatable bonds is 7. The minimum Gasteiger partial charge on any atom is -0.493 e. The first kappa shape index (κ1) is 21.9. The van der Waals surface area contributed by atoms with Crippen molar-refractivity contribution in [2.75, 3.05) is 18.5 Å². The Balaban J connectivity index is 1.91. The molecule has 5 nitrogen and oxygen atoms in total. The van der Waals surface area contributed by atoms with E-state index in [2.05, 4.69) is 29.6 Å². The second-order valence-corrected chi connectivity index (χ2v) is 7.83. The van der Waals surface area contributed by atoms with Gasteiger partial charge in [-0.3, -0.25) is 4.79 Å². The molecule has 5 heteroatoms. The van der Waals surface area contributed by atoms with E-state index in [4.69, 9.17) is 9.47 Å². The van der Waals surface area contributed by atoms with E-state index in [-0.39, 0.29) is 12.5 Å². The van der Waals surface area contributed by atoms with Crippen molar-refractivity contribution in [2.45, 2.75) is 58.3 Å². The van der Waals surface area contributed by atoms with Gasteiger partial charge < -0.3 is 14.8 Å². The Labute approximate surface area is 178 Å². The predicted molar refractivity (Wildman–Crippen MR) is 118 cm³/mol. The lowest BCUT2D eigenvalue weighted by Gasteiger charge is -2.36. The number of anilines is 1. The third kappa shape index (κ3) is 4.66. The summed E-state index contributed by atoms with van der Waals surface area (Å²) in [4.78, 5) is 25.9. The highest BCUT2D eigenvalue weighted by molar-refractivity contribution is 6.01. The number of carbonyl (C=O) groups excluding carboxylic acids is 2. The fraction of sp³-hybridized carbons (Fsp3) is 0.440. The van der Waals surface area contributed by atoms with Gasteiger partial charge in [-0.1, -0.05) is 49.1 Å². The van der Waals surface area contributed by atoms with Crippen molar-refractivity contribution >= 4 is 17.6 Å². The molecule has 3 rings (SSSR count). The van der Waals surface area contributed by atoms with Crippen LogP contribution in [0.5, 0.6) is 5.75 Å². The van der Waals surface area contributed by atoms with Crippen molar-refractivity contribution in [2.24, 2.45) is 0 Å². The van der Waals surface area contributed by atoms with Gasteiger partial charge in [-0.25, -0.2) is 4.79 Å². The van der Waals surface area contributed by atoms with E-state index < -0.39 is 11.4 Å². The molecule has 1 aliphatic rings. The Morgan fingerprint density at radius 3 is 2.30 bits per heavy atom. The summed E-state index contributed by atoms with van der Waals surface area (Å²) in [5, 5.41) is 3.07. The molecule has 1 saturated carbocycles. The van der Waals surface area contributed by atoms with E-state index in [1.807, 2.05) is 13.8 Å². The second kappa shape index (κ2) is 9.79. The van der Waals surface area contributed by atoms with Crippen LogP contribution in [0.25, 0.3) is 0 Å². The number of hydrogen-bond donors (Lipinski definition) is 1. The molecule has 0 unspecified atom stereocenters. The maximum atomic E-state index is 13.5. The maximum Gasteiger partial charge on any atom is 0.341 e. The minimum atomic E-state index is -0.547. The molecule has 1 amide bonds. The van der Waals surface area contributed by atoms with Crippen LogP contribution >= 0.6 is 0 Å². The number of hydrogen-bond acceptors (Lipinski definition) is 4. The molecule has 0 radical (unpaired) electrons. The summed E-state index contributed by atoms with van der Waals surface area (Å²) in [6.07, 6.45) is 4.85. The van der Waals surface area contributed by atoms with Crippen LogP contribution in [-0.4, -0.2) is 25.1 Å². The monoisotopic (exact) mass is 409 g/mol. The van der Waals surface area contributed by atoms with Gasteiger partial charge in [-0.2, -0.15) is 0 Å². The molecular formula is C25H31NO4. The van der Waals surface area contributed by atoms with Gasteiger partial charge >= 0.3 is 5.97 Å². The van der Waals surface area contributed by atoms with E-state index in [0.717, 1.165) is 37.7 Å². The van der Waals surface area contributed by atoms with E-state index in [9.17, 15) is 9.59 Å². The van der Waals surface area contributed by atoms with Crippen LogP contribution in [0.4, 0.5) is 5.69 Å². The molecule has 0 atom stereocenters. The van der Waals surface area contributed by atoms with E-state index in [1.165, 1.54) is 5.56 Å². The average molecular weight is 410 g/mol. The van der Waals surface area contributed by atoms with Gasteiger partial charge in [0.2, 0.25) is 5.91 Å². The summed E-state index contributed by atoms with van der Waals surface area (Å²) in [5.41, 5.74) is 2.58. The normalized spacial score (nSPS) is 15.3. The van der Waals surface area contributed by atoms with Gasteiger partial charge in [0.25, 0.3) is 0 Å². The van der Waals surface area contributed by atoms with Gasteiger partial charge in [0.1, 0.15) is 11.3 Å². The van der Waals surface area contributed by atoms with Crippen LogP contribution < -0.4 is 10.1 Å². The SMILES string of the molecule is CCOC(=O)c1cc(NC(=O)C2(c3ccc(C)cc3)CCCCC2)ccc1OCC. The van der Waals surface area contributed by atoms with Gasteiger partial charge in [-0.05, 0) is 57.4 Å². The number of aryl methyl sites for hydroxylation is 1. The fourth-order valence-electron chi connectivity index (χ4n) is 4.18. The molecule has 0 bridgehead atoms. The van der Waals surface area contributed by atoms with Crippen LogP contribution in [0.1, 0.15) is 67.4 Å². The predicted octanol–water partition coefficient (Wildman–Crippen LogP) is 5.41. The Bertz CT molecular complexity index is 883. The molecule has 0 saturated heterocycles. The zero-order valence-corrected chi connectivity index (χ0v) is 18.1. The highest BCUT2D eigenvalue weighted by atomic mass is 16.5. The van der Waals surface area contributed by atoms with Crippen LogP contribution in [0.2, 0.25) is 0 Å². The van der Waals surface area contributed by atoms with E-state index in [1.54, 1.807) is 25.1 Å². The van der Waals surface area contributed by atoms with Crippen molar-refractivity contribution in [1.82, 2.24) is 0 Å². The molecular weight excluding hydrogens is 378 g/mol. The summed E-state index contributed by atoms with van der Waals surface area (Å²) < 4.78 is 10.7. The number of nitrogens with one attached hydrogen (secondary N) is 1. The van der Waals surface area contributed by atoms with Crippen molar-refractivity contribution in [1.29, 1.82) is 0 Å². The van der Waals surface area contributed by atoms with Crippen LogP contribution in [0, 0.1) is 6.92 Å². The van der Waals surface area contributed by atoms with E-state index >= 15 is 0 Å². The summed E-state index contributed by atoms with van der Waals surface area (Å²) in [7, 11) is 0. The minimum absolute atomic E-state index is 0.0231. The molecule has 0 spiro atoms. The van der Waals surface area contributed by atoms with Crippen molar-refractivity contribution in [3.63, 3.8) is 0 Å². The molecule has 160 valence electrons. The Hall–Kier alpha value is -2.82. The van der Waals surface area contributed by atoms with Gasteiger partial charge in [0.15, 0.2) is 0 Å². The van der Waals surface area contributed by atoms with Gasteiger partial charge in [0, 0.05) is 5.69 Å². The number of carbonyl (C=O) groups is 2. The first-order valence-electron chi connectivity index (χ1n) is 10.8. The zero-order valence-electron chi connectivity index (χ0n) is 18.1. The van der Waals surface area contributed by atoms with Gasteiger partial charge in [-0.15, -0.1) is 0 Å². The average Bonchev–Trinajstić information content (AvgIpc) is 2.76. The lowest BCUT2D eigenvalue weighted by Crippen LogP contribution is -2.42. The zero-order chi connectivity index (χ0) is 21.6. The van der Waals surface area contributed by atoms with E-state index in [0.29, 0.717) is 23.6 Å². The first-order chi connectivity index (χ1) is 14.5. The molecule has 0 heterocycles. The van der Waals surface area contributed by atoms with Crippen molar-refractivity contribution in [3.05, 3.63) is 59.2 Å². The molecule has 1 fully saturated rings. The summed E-state index contributed by atoms with van der Waals surface area (Å²) in [5.74, 6) is -0.0205. The van der Waals surface area contributed by atoms with Crippen molar-refractivity contribution < 1.29 is 19.1 Å². The summed E-state index contributed by atoms with van der Waals surface area (Å²) in [6.45, 7) is 6.39. The molecule has 1 N–H and O–H groups in total. The smallest absolute Gasteiger partial charge is 0.341 e. The van der Waals surface area contributed by atoms with Crippen LogP contribution in [0.3, 0.4) is 0 Å². The molecule has 30 heavy (non-hydrogen) atoms. The van der Waals surface area contributed by atoms with Crippen molar-refractivity contribution in [3.8, 4) is 5.75 Å². The Morgan fingerprint density at radius 1 is 0.967 bits per heavy atom. The summed E-state index contributed by atoms with van der Waals surface area (Å²) >= 11 is 0. The largest absolute Gasteiger partial charge is 0.493 e. The molecule has 0 aliphatic heterocycles. The lowest BCUT2D eigenvalue weighted by atomic mass is 9.68. The third-order valence-electron chi connectivity index (χ3n) is 5.78. The second-order valence-electron chi connectivity index (χ2n) is 7.83. The highest BCUT2D eigenvalue weighted by Gasteiger charge is 2.41. The topological polar surface area (TPSA) is 64.6 Å². The number of esters is 1. The van der Waals surface area contributed by atoms with Crippen LogP contribution in [-0.2, 0) is 14.9 Å². The maximum absolute atomic E-state index is 13.5. The quantitative estimate of drug-likeness (QED) is 0.621. The lowest BCUT2D eigenvalue weighted by molar-refractivity contribution is -0.122. The fourth-order valence-corrected chi connectivity index (χ4v) is 4.18. The molecule has 2 aromatic carbocycles. The number of amides is 1. The standard InChI is InChI=1S/C25H31NO4/c1-4-29-22-14-13-20(17-21(22)23(27)30-5-2)26-24(28)25(15-7-6-8-16-25)19-11-9-18(3)10-12-19/h9-14,17H,4-8,15-16H2,1-3H3,(H,26,28).